The topological polar surface area (TPSA) is 24.9 Å². The number of hydrogen-bond donors (Lipinski definition) is 1. The van der Waals surface area contributed by atoms with Crippen LogP contribution >= 0.6 is 11.3 Å². The minimum absolute atomic E-state index is 0.0122. The first-order chi connectivity index (χ1) is 8.13. The van der Waals surface area contributed by atoms with Crippen molar-refractivity contribution in [2.75, 3.05) is 7.05 Å². The third kappa shape index (κ3) is 2.37. The Labute approximate surface area is 105 Å². The molecule has 1 aromatic heterocycles. The van der Waals surface area contributed by atoms with Crippen LogP contribution in [-0.2, 0) is 0 Å². The number of hydrogen-bond acceptors (Lipinski definition) is 3. The van der Waals surface area contributed by atoms with Gasteiger partial charge in [0, 0.05) is 4.88 Å². The Morgan fingerprint density at radius 3 is 2.71 bits per heavy atom. The molecule has 1 unspecified atom stereocenters. The molecule has 0 amide bonds. The predicted molar refractivity (Wildman–Crippen MR) is 68.9 cm³/mol. The van der Waals surface area contributed by atoms with Gasteiger partial charge in [-0.3, -0.25) is 0 Å². The second-order valence-corrected chi connectivity index (χ2v) is 4.91. The minimum atomic E-state index is -0.201. The lowest BCUT2D eigenvalue weighted by Crippen LogP contribution is -2.18. The van der Waals surface area contributed by atoms with Crippen LogP contribution < -0.4 is 5.32 Å². The summed E-state index contributed by atoms with van der Waals surface area (Å²) in [5, 5.41) is 3.23. The zero-order valence-corrected chi connectivity index (χ0v) is 10.9. The lowest BCUT2D eigenvalue weighted by Gasteiger charge is -2.18. The maximum Gasteiger partial charge on any atom is 0.123 e. The first-order valence-corrected chi connectivity index (χ1v) is 6.34. The normalized spacial score (nSPS) is 12.7. The molecule has 0 fully saturated rings. The van der Waals surface area contributed by atoms with Gasteiger partial charge in [0.1, 0.15) is 5.82 Å². The van der Waals surface area contributed by atoms with Gasteiger partial charge in [-0.2, -0.15) is 0 Å². The van der Waals surface area contributed by atoms with E-state index < -0.39 is 0 Å². The lowest BCUT2D eigenvalue weighted by molar-refractivity contribution is 0.616. The summed E-state index contributed by atoms with van der Waals surface area (Å²) in [5.74, 6) is -0.201. The molecule has 2 rings (SSSR count). The van der Waals surface area contributed by atoms with Gasteiger partial charge in [0.15, 0.2) is 0 Å². The zero-order chi connectivity index (χ0) is 12.4. The highest BCUT2D eigenvalue weighted by atomic mass is 32.1. The molecule has 0 saturated carbocycles. The fraction of sp³-hybridized carbons (Fsp3) is 0.308. The molecule has 1 atom stereocenters. The summed E-state index contributed by atoms with van der Waals surface area (Å²) in [6.07, 6.45) is 0. The van der Waals surface area contributed by atoms with Gasteiger partial charge < -0.3 is 5.32 Å². The fourth-order valence-electron chi connectivity index (χ4n) is 1.94. The molecule has 0 aliphatic carbocycles. The van der Waals surface area contributed by atoms with E-state index in [2.05, 4.69) is 10.3 Å². The first-order valence-electron chi connectivity index (χ1n) is 5.46. The molecule has 0 aliphatic heterocycles. The van der Waals surface area contributed by atoms with Crippen LogP contribution in [0.15, 0.2) is 23.7 Å². The molecule has 0 saturated heterocycles. The average Bonchev–Trinajstić information content (AvgIpc) is 2.71. The summed E-state index contributed by atoms with van der Waals surface area (Å²) in [4.78, 5) is 5.39. The van der Waals surface area contributed by atoms with Crippen molar-refractivity contribution in [3.63, 3.8) is 0 Å². The summed E-state index contributed by atoms with van der Waals surface area (Å²) in [6, 6.07) is 4.91. The number of benzene rings is 1. The van der Waals surface area contributed by atoms with Crippen molar-refractivity contribution in [2.24, 2.45) is 0 Å². The number of aryl methyl sites for hydroxylation is 2. The van der Waals surface area contributed by atoms with E-state index in [-0.39, 0.29) is 11.9 Å². The maximum atomic E-state index is 13.3. The van der Waals surface area contributed by atoms with Crippen molar-refractivity contribution in [3.05, 3.63) is 51.2 Å². The van der Waals surface area contributed by atoms with Crippen LogP contribution in [0.5, 0.6) is 0 Å². The molecule has 1 N–H and O–H groups in total. The smallest absolute Gasteiger partial charge is 0.123 e. The molecule has 0 aliphatic rings. The molecule has 4 heteroatoms. The van der Waals surface area contributed by atoms with Crippen LogP contribution in [0.1, 0.15) is 27.7 Å². The molecular weight excluding hydrogens is 235 g/mol. The standard InChI is InChI=1S/C13H15FN2S/c1-8-4-5-10(14)6-11(8)12(15-3)13-9(2)16-7-17-13/h4-7,12,15H,1-3H3. The third-order valence-electron chi connectivity index (χ3n) is 2.89. The molecule has 17 heavy (non-hydrogen) atoms. The number of aromatic nitrogens is 1. The quantitative estimate of drug-likeness (QED) is 0.904. The van der Waals surface area contributed by atoms with Crippen LogP contribution in [0.2, 0.25) is 0 Å². The monoisotopic (exact) mass is 250 g/mol. The SMILES string of the molecule is CNC(c1cc(F)ccc1C)c1scnc1C. The van der Waals surface area contributed by atoms with E-state index in [1.165, 1.54) is 6.07 Å². The third-order valence-corrected chi connectivity index (χ3v) is 3.88. The van der Waals surface area contributed by atoms with Gasteiger partial charge in [-0.25, -0.2) is 9.37 Å². The summed E-state index contributed by atoms with van der Waals surface area (Å²) in [6.45, 7) is 3.97. The van der Waals surface area contributed by atoms with Gasteiger partial charge in [0.05, 0.1) is 17.2 Å². The summed E-state index contributed by atoms with van der Waals surface area (Å²) < 4.78 is 13.3. The van der Waals surface area contributed by atoms with Crippen LogP contribution in [0.3, 0.4) is 0 Å². The highest BCUT2D eigenvalue weighted by Crippen LogP contribution is 2.29. The second kappa shape index (κ2) is 4.94. The van der Waals surface area contributed by atoms with Gasteiger partial charge in [-0.1, -0.05) is 6.07 Å². The number of nitrogens with zero attached hydrogens (tertiary/aromatic N) is 1. The van der Waals surface area contributed by atoms with Gasteiger partial charge in [-0.05, 0) is 44.2 Å². The lowest BCUT2D eigenvalue weighted by atomic mass is 9.99. The summed E-state index contributed by atoms with van der Waals surface area (Å²) in [7, 11) is 1.88. The summed E-state index contributed by atoms with van der Waals surface area (Å²) >= 11 is 1.60. The molecule has 0 spiro atoms. The predicted octanol–water partition coefficient (Wildman–Crippen LogP) is 3.21. The first kappa shape index (κ1) is 12.2. The molecule has 0 radical (unpaired) electrons. The minimum Gasteiger partial charge on any atom is -0.309 e. The van der Waals surface area contributed by atoms with Crippen LogP contribution in [0, 0.1) is 19.7 Å². The van der Waals surface area contributed by atoms with Crippen molar-refractivity contribution in [3.8, 4) is 0 Å². The maximum absolute atomic E-state index is 13.3. The van der Waals surface area contributed by atoms with Crippen molar-refractivity contribution < 1.29 is 4.39 Å². The number of rotatable bonds is 3. The molecule has 90 valence electrons. The Morgan fingerprint density at radius 1 is 1.35 bits per heavy atom. The Kier molecular flexibility index (Phi) is 3.54. The number of thiazole rings is 1. The number of halogens is 1. The van der Waals surface area contributed by atoms with Gasteiger partial charge in [0.2, 0.25) is 0 Å². The van der Waals surface area contributed by atoms with Crippen LogP contribution in [0.25, 0.3) is 0 Å². The molecule has 2 aromatic rings. The highest BCUT2D eigenvalue weighted by molar-refractivity contribution is 7.09. The van der Waals surface area contributed by atoms with Crippen LogP contribution in [-0.4, -0.2) is 12.0 Å². The molecular formula is C13H15FN2S. The Morgan fingerprint density at radius 2 is 2.12 bits per heavy atom. The van der Waals surface area contributed by atoms with E-state index in [9.17, 15) is 4.39 Å². The molecule has 2 nitrogen and oxygen atoms in total. The largest absolute Gasteiger partial charge is 0.309 e. The Balaban J connectivity index is 2.49. The summed E-state index contributed by atoms with van der Waals surface area (Å²) in [5.41, 5.74) is 4.88. The van der Waals surface area contributed by atoms with E-state index in [0.717, 1.165) is 21.7 Å². The van der Waals surface area contributed by atoms with Gasteiger partial charge >= 0.3 is 0 Å². The zero-order valence-electron chi connectivity index (χ0n) is 10.1. The van der Waals surface area contributed by atoms with Crippen molar-refractivity contribution >= 4 is 11.3 Å². The van der Waals surface area contributed by atoms with E-state index in [4.69, 9.17) is 0 Å². The highest BCUT2D eigenvalue weighted by Gasteiger charge is 2.18. The van der Waals surface area contributed by atoms with Crippen LogP contribution in [0.4, 0.5) is 4.39 Å². The molecule has 1 aromatic carbocycles. The Hall–Kier alpha value is -1.26. The van der Waals surface area contributed by atoms with Gasteiger partial charge in [-0.15, -0.1) is 11.3 Å². The van der Waals surface area contributed by atoms with E-state index in [1.807, 2.05) is 32.5 Å². The molecule has 1 heterocycles. The number of nitrogens with one attached hydrogen (secondary N) is 1. The van der Waals surface area contributed by atoms with Crippen molar-refractivity contribution in [1.29, 1.82) is 0 Å². The average molecular weight is 250 g/mol. The second-order valence-electron chi connectivity index (χ2n) is 4.02. The molecule has 0 bridgehead atoms. The van der Waals surface area contributed by atoms with E-state index in [1.54, 1.807) is 17.4 Å². The van der Waals surface area contributed by atoms with Crippen molar-refractivity contribution in [1.82, 2.24) is 10.3 Å². The van der Waals surface area contributed by atoms with Crippen molar-refractivity contribution in [2.45, 2.75) is 19.9 Å². The fourth-order valence-corrected chi connectivity index (χ4v) is 2.87. The van der Waals surface area contributed by atoms with Gasteiger partial charge in [0.25, 0.3) is 0 Å². The van der Waals surface area contributed by atoms with E-state index >= 15 is 0 Å². The Bertz CT molecular complexity index is 522. The van der Waals surface area contributed by atoms with E-state index in [0.29, 0.717) is 0 Å².